The standard InChI is InChI=1S/C51H79NO13/c1-30-16-12-11-13-17-31(2)42(61-8)28-38-21-19-36(7)51(60,65-38)48(57)49(58)52-23-15-14-18-39(52)50(59)64-43(33(4)26-37-20-22-40(53)44(27-37)62-9)29-41(54)32(3)25-35(6)46(56)47(63-10)45(55)34(5)24-30/h11-13,16-17,25,30,32-34,36-40,42-44,46-47,53,56,60H,14-15,18-24,26-29H2,1-10H3/b13-11-,16-12-,31-17-,35-25-/t30-,32-,33-,34-,36-,37+,38+,39+,40-,42+,43+,44-,46-,47+,51-/m1/s1/i8D3. The number of carbonyl (C=O) groups excluding carboxylic acids is 5. The number of fused-ring (bicyclic) bond motifs is 3. The number of cyclic esters (lactones) is 1. The van der Waals surface area contributed by atoms with Gasteiger partial charge in [-0.2, -0.15) is 0 Å². The number of hydrogen-bond donors (Lipinski definition) is 3. The van der Waals surface area contributed by atoms with E-state index in [-0.39, 0.29) is 67.7 Å². The first-order valence-corrected chi connectivity index (χ1v) is 23.7. The van der Waals surface area contributed by atoms with Crippen LogP contribution in [0.5, 0.6) is 0 Å². The van der Waals surface area contributed by atoms with E-state index in [1.54, 1.807) is 72.1 Å². The molecule has 0 radical (unpaired) electrons. The van der Waals surface area contributed by atoms with Gasteiger partial charge in [-0.3, -0.25) is 19.2 Å². The minimum Gasteiger partial charge on any atom is -0.460 e. The summed E-state index contributed by atoms with van der Waals surface area (Å²) in [6.45, 7) is 12.2. The van der Waals surface area contributed by atoms with Crippen LogP contribution in [0.1, 0.15) is 130 Å². The Hall–Kier alpha value is -3.37. The molecule has 1 aliphatic carbocycles. The van der Waals surface area contributed by atoms with Crippen LogP contribution in [-0.2, 0) is 47.7 Å². The number of Topliss-reactive ketones (excluding diaryl/α,β-unsaturated/α-hetero) is 3. The molecule has 14 heteroatoms. The van der Waals surface area contributed by atoms with Crippen molar-refractivity contribution < 1.29 is 67.1 Å². The van der Waals surface area contributed by atoms with Gasteiger partial charge in [0.15, 0.2) is 5.78 Å². The van der Waals surface area contributed by atoms with Crippen molar-refractivity contribution in [3.63, 3.8) is 0 Å². The van der Waals surface area contributed by atoms with E-state index in [0.717, 1.165) is 4.90 Å². The van der Waals surface area contributed by atoms with Gasteiger partial charge in [-0.1, -0.05) is 71.1 Å². The number of aliphatic hydroxyl groups is 3. The number of allylic oxidation sites excluding steroid dienone is 6. The molecule has 2 bridgehead atoms. The van der Waals surface area contributed by atoms with Crippen LogP contribution in [-0.4, -0.2) is 132 Å². The number of ether oxygens (including phenoxy) is 5. The zero-order valence-electron chi connectivity index (χ0n) is 43.1. The molecular weight excluding hydrogens is 835 g/mol. The van der Waals surface area contributed by atoms with Crippen molar-refractivity contribution in [1.82, 2.24) is 4.90 Å². The summed E-state index contributed by atoms with van der Waals surface area (Å²) in [4.78, 5) is 71.9. The number of piperidine rings is 1. The molecule has 3 N–H and O–H groups in total. The van der Waals surface area contributed by atoms with Crippen LogP contribution in [0.2, 0.25) is 0 Å². The Morgan fingerprint density at radius 3 is 2.32 bits per heavy atom. The van der Waals surface area contributed by atoms with Crippen molar-refractivity contribution in [3.05, 3.63) is 47.6 Å². The Kier molecular flexibility index (Phi) is 19.1. The van der Waals surface area contributed by atoms with Crippen molar-refractivity contribution in [2.24, 2.45) is 35.5 Å². The molecule has 3 fully saturated rings. The summed E-state index contributed by atoms with van der Waals surface area (Å²) in [6.07, 6.45) is 8.32. The Morgan fingerprint density at radius 1 is 0.892 bits per heavy atom. The lowest BCUT2D eigenvalue weighted by Gasteiger charge is -2.42. The summed E-state index contributed by atoms with van der Waals surface area (Å²) in [6, 6.07) is -1.21. The first kappa shape index (κ1) is 49.5. The number of carbonyl (C=O) groups is 5. The highest BCUT2D eigenvalue weighted by Gasteiger charge is 2.53. The Bertz CT molecular complexity index is 1870. The molecule has 1 saturated carbocycles. The summed E-state index contributed by atoms with van der Waals surface area (Å²) >= 11 is 0. The molecule has 1 amide bonds. The van der Waals surface area contributed by atoms with Crippen LogP contribution in [0.15, 0.2) is 47.6 Å². The fourth-order valence-electron chi connectivity index (χ4n) is 9.98. The molecule has 4 aliphatic rings. The second-order valence-electron chi connectivity index (χ2n) is 19.5. The molecule has 4 rings (SSSR count). The lowest BCUT2D eigenvalue weighted by molar-refractivity contribution is -0.265. The molecule has 65 heavy (non-hydrogen) atoms. The molecule has 3 heterocycles. The van der Waals surface area contributed by atoms with E-state index in [9.17, 15) is 39.3 Å². The number of esters is 1. The van der Waals surface area contributed by atoms with E-state index < -0.39 is 90.9 Å². The highest BCUT2D eigenvalue weighted by molar-refractivity contribution is 6.39. The lowest BCUT2D eigenvalue weighted by Crippen LogP contribution is -2.61. The van der Waals surface area contributed by atoms with E-state index in [1.165, 1.54) is 7.11 Å². The van der Waals surface area contributed by atoms with Crippen molar-refractivity contribution in [2.75, 3.05) is 27.8 Å². The minimum absolute atomic E-state index is 0.0213. The SMILES string of the molecule is [2H]C([2H])([2H])O[C@H]1C[C@@H]2CC[C@@H](C)[C@@](O)(O2)C(=O)C(=O)N2CCCC[C@H]2C(=O)O[C@H]([C@H](C)C[C@@H]2CC[C@@H](O)[C@H](OC)C2)CC(=O)[C@H](C)/C=C(/C)[C@@H](O)[C@@H](OC)C(=O)[C@H](C)C[C@H](C)\C=C/C=C\C=C/1C. The van der Waals surface area contributed by atoms with Gasteiger partial charge in [-0.15, -0.1) is 0 Å². The third-order valence-corrected chi connectivity index (χ3v) is 14.3. The van der Waals surface area contributed by atoms with Crippen molar-refractivity contribution in [3.8, 4) is 0 Å². The minimum atomic E-state index is -2.80. The summed E-state index contributed by atoms with van der Waals surface area (Å²) in [5.74, 6) is -8.82. The third kappa shape index (κ3) is 14.3. The van der Waals surface area contributed by atoms with E-state index in [1.807, 2.05) is 19.9 Å². The molecule has 366 valence electrons. The fraction of sp³-hybridized carbons (Fsp3) is 0.745. The summed E-state index contributed by atoms with van der Waals surface area (Å²) in [5, 5.41) is 33.9. The quantitative estimate of drug-likeness (QED) is 0.155. The lowest BCUT2D eigenvalue weighted by atomic mass is 9.78. The highest BCUT2D eigenvalue weighted by Crippen LogP contribution is 2.38. The molecule has 3 aliphatic heterocycles. The van der Waals surface area contributed by atoms with Gasteiger partial charge in [0.05, 0.1) is 28.5 Å². The number of ketones is 3. The van der Waals surface area contributed by atoms with Crippen LogP contribution in [0.4, 0.5) is 0 Å². The molecular formula is C51H79NO13. The largest absolute Gasteiger partial charge is 0.460 e. The number of hydrogen-bond acceptors (Lipinski definition) is 13. The van der Waals surface area contributed by atoms with Crippen LogP contribution in [0, 0.1) is 35.5 Å². The van der Waals surface area contributed by atoms with E-state index in [0.29, 0.717) is 62.5 Å². The van der Waals surface area contributed by atoms with E-state index in [2.05, 4.69) is 0 Å². The van der Waals surface area contributed by atoms with Gasteiger partial charge in [0, 0.05) is 58.4 Å². The monoisotopic (exact) mass is 917 g/mol. The second kappa shape index (κ2) is 25.1. The van der Waals surface area contributed by atoms with Gasteiger partial charge in [0.1, 0.15) is 30.1 Å². The average Bonchev–Trinajstić information content (AvgIpc) is 3.28. The average molecular weight is 917 g/mol. The summed E-state index contributed by atoms with van der Waals surface area (Å²) in [5.41, 5.74) is 0.882. The van der Waals surface area contributed by atoms with Crippen molar-refractivity contribution >= 4 is 29.2 Å². The fourth-order valence-corrected chi connectivity index (χ4v) is 9.98. The summed E-state index contributed by atoms with van der Waals surface area (Å²) in [7, 11) is 0.102. The molecule has 2 saturated heterocycles. The Labute approximate surface area is 391 Å². The first-order chi connectivity index (χ1) is 31.9. The predicted octanol–water partition coefficient (Wildman–Crippen LogP) is 6.18. The molecule has 0 aromatic rings. The molecule has 0 aromatic carbocycles. The van der Waals surface area contributed by atoms with Crippen molar-refractivity contribution in [2.45, 2.75) is 180 Å². The van der Waals surface area contributed by atoms with Crippen LogP contribution in [0.25, 0.3) is 0 Å². The first-order valence-electron chi connectivity index (χ1n) is 25.2. The molecule has 15 atom stereocenters. The smallest absolute Gasteiger partial charge is 0.329 e. The van der Waals surface area contributed by atoms with Gasteiger partial charge < -0.3 is 43.9 Å². The van der Waals surface area contributed by atoms with Crippen LogP contribution in [0.3, 0.4) is 0 Å². The maximum absolute atomic E-state index is 14.4. The van der Waals surface area contributed by atoms with Gasteiger partial charge >= 0.3 is 5.97 Å². The summed E-state index contributed by atoms with van der Waals surface area (Å²) < 4.78 is 52.5. The molecule has 0 aromatic heterocycles. The Balaban J connectivity index is 1.73. The Morgan fingerprint density at radius 2 is 1.63 bits per heavy atom. The second-order valence-corrected chi connectivity index (χ2v) is 19.5. The zero-order valence-corrected chi connectivity index (χ0v) is 40.1. The number of nitrogens with zero attached hydrogens (tertiary/aromatic N) is 1. The van der Waals surface area contributed by atoms with Gasteiger partial charge in [-0.25, -0.2) is 4.79 Å². The number of rotatable bonds is 6. The highest BCUT2D eigenvalue weighted by atomic mass is 16.6. The predicted molar refractivity (Wildman–Crippen MR) is 245 cm³/mol. The van der Waals surface area contributed by atoms with Gasteiger partial charge in [-0.05, 0) is 107 Å². The molecule has 0 unspecified atom stereocenters. The van der Waals surface area contributed by atoms with Crippen LogP contribution >= 0.6 is 0 Å². The molecule has 14 nitrogen and oxygen atoms in total. The maximum Gasteiger partial charge on any atom is 0.329 e. The normalized spacial score (nSPS) is 41.3. The topological polar surface area (TPSA) is 195 Å². The maximum atomic E-state index is 14.4. The van der Waals surface area contributed by atoms with E-state index >= 15 is 0 Å². The molecule has 0 spiro atoms. The van der Waals surface area contributed by atoms with Crippen LogP contribution < -0.4 is 0 Å². The van der Waals surface area contributed by atoms with Gasteiger partial charge in [0.2, 0.25) is 5.79 Å². The van der Waals surface area contributed by atoms with E-state index in [4.69, 9.17) is 27.8 Å². The van der Waals surface area contributed by atoms with Gasteiger partial charge in [0.25, 0.3) is 11.7 Å². The zero-order chi connectivity index (χ0) is 50.7. The number of aliphatic hydroxyl groups excluding tert-OH is 2. The number of methoxy groups -OCH3 is 3. The van der Waals surface area contributed by atoms with Crippen molar-refractivity contribution in [1.29, 1.82) is 0 Å². The number of amides is 1. The third-order valence-electron chi connectivity index (χ3n) is 14.3.